The quantitative estimate of drug-likeness (QED) is 0.778. The van der Waals surface area contributed by atoms with Crippen molar-refractivity contribution in [3.63, 3.8) is 0 Å². The molecule has 1 aromatic rings. The van der Waals surface area contributed by atoms with E-state index in [1.54, 1.807) is 0 Å². The van der Waals surface area contributed by atoms with E-state index in [9.17, 15) is 5.11 Å². The van der Waals surface area contributed by atoms with Crippen molar-refractivity contribution in [1.82, 2.24) is 5.32 Å². The van der Waals surface area contributed by atoms with E-state index in [4.69, 9.17) is 0 Å². The summed E-state index contributed by atoms with van der Waals surface area (Å²) in [5.41, 5.74) is 2.50. The van der Waals surface area contributed by atoms with Crippen molar-refractivity contribution in [3.8, 4) is 0 Å². The third kappa shape index (κ3) is 1.90. The third-order valence-corrected chi connectivity index (χ3v) is 4.49. The van der Waals surface area contributed by atoms with Gasteiger partial charge < -0.3 is 10.4 Å². The molecule has 0 amide bonds. The fourth-order valence-electron chi connectivity index (χ4n) is 3.59. The van der Waals surface area contributed by atoms with Crippen LogP contribution in [0.3, 0.4) is 0 Å². The molecule has 2 nitrogen and oxygen atoms in total. The number of aliphatic hydroxyl groups excluding tert-OH is 1. The van der Waals surface area contributed by atoms with Crippen molar-refractivity contribution >= 4 is 0 Å². The van der Waals surface area contributed by atoms with Crippen LogP contribution >= 0.6 is 0 Å². The van der Waals surface area contributed by atoms with Gasteiger partial charge in [0.2, 0.25) is 0 Å². The first-order valence-electron chi connectivity index (χ1n) is 6.77. The minimum absolute atomic E-state index is 0.280. The minimum Gasteiger partial charge on any atom is -0.388 e. The zero-order valence-corrected chi connectivity index (χ0v) is 10.4. The highest BCUT2D eigenvalue weighted by molar-refractivity contribution is 5.35. The molecule has 0 radical (unpaired) electrons. The molecule has 1 aliphatic carbocycles. The average molecular weight is 231 g/mol. The summed E-state index contributed by atoms with van der Waals surface area (Å²) in [5.74, 6) is 0.962. The van der Waals surface area contributed by atoms with Crippen molar-refractivity contribution in [2.24, 2.45) is 5.92 Å². The molecular weight excluding hydrogens is 210 g/mol. The molecule has 17 heavy (non-hydrogen) atoms. The Morgan fingerprint density at radius 3 is 2.71 bits per heavy atom. The van der Waals surface area contributed by atoms with Crippen LogP contribution in [0.25, 0.3) is 0 Å². The zero-order chi connectivity index (χ0) is 11.8. The highest BCUT2D eigenvalue weighted by Gasteiger charge is 2.37. The Morgan fingerprint density at radius 2 is 2.00 bits per heavy atom. The molecule has 1 aliphatic heterocycles. The van der Waals surface area contributed by atoms with E-state index < -0.39 is 0 Å². The van der Waals surface area contributed by atoms with E-state index in [2.05, 4.69) is 30.4 Å². The summed E-state index contributed by atoms with van der Waals surface area (Å²) < 4.78 is 0. The molecule has 1 saturated heterocycles. The molecular formula is C15H21NO. The summed E-state index contributed by atoms with van der Waals surface area (Å²) >= 11 is 0. The number of hydrogen-bond donors (Lipinski definition) is 2. The Morgan fingerprint density at radius 1 is 1.24 bits per heavy atom. The Hall–Kier alpha value is -0.860. The lowest BCUT2D eigenvalue weighted by Crippen LogP contribution is -2.37. The molecule has 0 bridgehead atoms. The average Bonchev–Trinajstić information content (AvgIpc) is 2.87. The summed E-state index contributed by atoms with van der Waals surface area (Å²) in [6.07, 6.45) is 3.30. The second-order valence-electron chi connectivity index (χ2n) is 5.58. The number of nitrogens with one attached hydrogen (secondary N) is 1. The normalized spacial score (nSPS) is 36.8. The summed E-state index contributed by atoms with van der Waals surface area (Å²) in [6.45, 7) is 3.40. The van der Waals surface area contributed by atoms with Gasteiger partial charge in [0.1, 0.15) is 0 Å². The maximum atomic E-state index is 10.6. The molecule has 1 heterocycles. The first-order chi connectivity index (χ1) is 8.27. The van der Waals surface area contributed by atoms with Crippen LogP contribution < -0.4 is 5.32 Å². The van der Waals surface area contributed by atoms with Crippen LogP contribution in [0.2, 0.25) is 0 Å². The molecule has 4 unspecified atom stereocenters. The molecule has 2 N–H and O–H groups in total. The van der Waals surface area contributed by atoms with Crippen molar-refractivity contribution in [3.05, 3.63) is 35.4 Å². The van der Waals surface area contributed by atoms with Gasteiger partial charge in [0, 0.05) is 12.0 Å². The molecule has 92 valence electrons. The van der Waals surface area contributed by atoms with E-state index >= 15 is 0 Å². The van der Waals surface area contributed by atoms with Crippen LogP contribution in [0.4, 0.5) is 0 Å². The summed E-state index contributed by atoms with van der Waals surface area (Å²) in [7, 11) is 0. The third-order valence-electron chi connectivity index (χ3n) is 4.49. The SMILES string of the molecule is CC1CC(C2CCCN2)C(O)c2ccccc21. The first-order valence-corrected chi connectivity index (χ1v) is 6.77. The van der Waals surface area contributed by atoms with Crippen LogP contribution in [0.15, 0.2) is 24.3 Å². The highest BCUT2D eigenvalue weighted by atomic mass is 16.3. The highest BCUT2D eigenvalue weighted by Crippen LogP contribution is 2.43. The fourth-order valence-corrected chi connectivity index (χ4v) is 3.59. The van der Waals surface area contributed by atoms with Crippen LogP contribution in [0.1, 0.15) is 49.3 Å². The molecule has 0 saturated carbocycles. The molecule has 2 heteroatoms. The lowest BCUT2D eigenvalue weighted by molar-refractivity contribution is 0.0679. The van der Waals surface area contributed by atoms with E-state index in [0.29, 0.717) is 17.9 Å². The largest absolute Gasteiger partial charge is 0.388 e. The van der Waals surface area contributed by atoms with Crippen LogP contribution in [0.5, 0.6) is 0 Å². The second kappa shape index (κ2) is 4.43. The van der Waals surface area contributed by atoms with Gasteiger partial charge in [-0.05, 0) is 42.9 Å². The number of benzene rings is 1. The van der Waals surface area contributed by atoms with Gasteiger partial charge in [-0.15, -0.1) is 0 Å². The first kappa shape index (κ1) is 11.2. The molecule has 4 atom stereocenters. The van der Waals surface area contributed by atoms with Gasteiger partial charge in [-0.3, -0.25) is 0 Å². The molecule has 3 rings (SSSR count). The van der Waals surface area contributed by atoms with Gasteiger partial charge in [-0.2, -0.15) is 0 Å². The molecule has 0 spiro atoms. The van der Waals surface area contributed by atoms with Gasteiger partial charge in [-0.1, -0.05) is 31.2 Å². The van der Waals surface area contributed by atoms with Gasteiger partial charge in [0.15, 0.2) is 0 Å². The van der Waals surface area contributed by atoms with E-state index in [1.165, 1.54) is 18.4 Å². The zero-order valence-electron chi connectivity index (χ0n) is 10.4. The number of aliphatic hydroxyl groups is 1. The lowest BCUT2D eigenvalue weighted by Gasteiger charge is -2.37. The Bertz CT molecular complexity index is 398. The standard InChI is InChI=1S/C15H21NO/c1-10-9-13(14-7-4-8-16-14)15(17)12-6-3-2-5-11(10)12/h2-3,5-6,10,13-17H,4,7-9H2,1H3. The summed E-state index contributed by atoms with van der Waals surface area (Å²) in [5, 5.41) is 14.1. The van der Waals surface area contributed by atoms with Gasteiger partial charge in [0.25, 0.3) is 0 Å². The van der Waals surface area contributed by atoms with Gasteiger partial charge in [0.05, 0.1) is 6.10 Å². The predicted octanol–water partition coefficient (Wildman–Crippen LogP) is 2.60. The maximum Gasteiger partial charge on any atom is 0.0836 e. The summed E-state index contributed by atoms with van der Waals surface area (Å²) in [4.78, 5) is 0. The van der Waals surface area contributed by atoms with E-state index in [1.807, 2.05) is 6.07 Å². The number of rotatable bonds is 1. The maximum absolute atomic E-state index is 10.6. The summed E-state index contributed by atoms with van der Waals surface area (Å²) in [6, 6.07) is 8.90. The van der Waals surface area contributed by atoms with Crippen LogP contribution in [-0.4, -0.2) is 17.7 Å². The predicted molar refractivity (Wildman–Crippen MR) is 68.9 cm³/mol. The Balaban J connectivity index is 1.91. The van der Waals surface area contributed by atoms with Crippen LogP contribution in [0, 0.1) is 5.92 Å². The van der Waals surface area contributed by atoms with Crippen molar-refractivity contribution < 1.29 is 5.11 Å². The number of hydrogen-bond acceptors (Lipinski definition) is 2. The van der Waals surface area contributed by atoms with Gasteiger partial charge in [-0.25, -0.2) is 0 Å². The molecule has 1 aromatic carbocycles. The van der Waals surface area contributed by atoms with E-state index in [-0.39, 0.29) is 6.10 Å². The fraction of sp³-hybridized carbons (Fsp3) is 0.600. The second-order valence-corrected chi connectivity index (χ2v) is 5.58. The number of fused-ring (bicyclic) bond motifs is 1. The molecule has 2 aliphatic rings. The minimum atomic E-state index is -0.280. The molecule has 0 aromatic heterocycles. The van der Waals surface area contributed by atoms with Crippen molar-refractivity contribution in [1.29, 1.82) is 0 Å². The molecule has 1 fully saturated rings. The Labute approximate surface area is 103 Å². The van der Waals surface area contributed by atoms with Crippen molar-refractivity contribution in [2.75, 3.05) is 6.54 Å². The van der Waals surface area contributed by atoms with Gasteiger partial charge >= 0.3 is 0 Å². The Kier molecular flexibility index (Phi) is 2.93. The van der Waals surface area contributed by atoms with E-state index in [0.717, 1.165) is 18.5 Å². The smallest absolute Gasteiger partial charge is 0.0836 e. The monoisotopic (exact) mass is 231 g/mol. The lowest BCUT2D eigenvalue weighted by atomic mass is 9.72. The topological polar surface area (TPSA) is 32.3 Å². The van der Waals surface area contributed by atoms with Crippen LogP contribution in [-0.2, 0) is 0 Å². The van der Waals surface area contributed by atoms with Crippen molar-refractivity contribution in [2.45, 2.75) is 44.2 Å².